The topological polar surface area (TPSA) is 0 Å². The lowest BCUT2D eigenvalue weighted by atomic mass is 10.1. The van der Waals surface area contributed by atoms with Crippen LogP contribution in [0.5, 0.6) is 0 Å². The van der Waals surface area contributed by atoms with E-state index in [-0.39, 0.29) is 0 Å². The van der Waals surface area contributed by atoms with E-state index in [4.69, 9.17) is 0 Å². The molecule has 1 aromatic rings. The largest absolute Gasteiger partial charge is 0.181 e. The van der Waals surface area contributed by atoms with E-state index < -0.39 is 0 Å². The van der Waals surface area contributed by atoms with Gasteiger partial charge in [0, 0.05) is 0 Å². The van der Waals surface area contributed by atoms with E-state index in [1.54, 1.807) is 0 Å². The second-order valence-electron chi connectivity index (χ2n) is 2.35. The molecule has 0 aromatic heterocycles. The summed E-state index contributed by atoms with van der Waals surface area (Å²) >= 11 is 0. The molecule has 0 aliphatic heterocycles. The number of hydrogen-bond acceptors (Lipinski definition) is 0. The van der Waals surface area contributed by atoms with Crippen LogP contribution in [0, 0.1) is 0 Å². The Morgan fingerprint density at radius 3 is 2.90 bits per heavy atom. The summed E-state index contributed by atoms with van der Waals surface area (Å²) in [5, 5.41) is 0. The lowest BCUT2D eigenvalue weighted by Gasteiger charge is -1.84. The first-order valence-electron chi connectivity index (χ1n) is 3.26. The molecule has 0 spiro atoms. The van der Waals surface area contributed by atoms with Crippen LogP contribution >= 0.6 is 0 Å². The highest BCUT2D eigenvalue weighted by molar-refractivity contribution is 5.83. The van der Waals surface area contributed by atoms with Crippen molar-refractivity contribution in [3.05, 3.63) is 53.8 Å². The second-order valence-corrected chi connectivity index (χ2v) is 2.35. The van der Waals surface area contributed by atoms with Crippen LogP contribution in [0.3, 0.4) is 0 Å². The maximum atomic E-state index is 3.93. The Kier molecular flexibility index (Phi) is 0.969. The first-order chi connectivity index (χ1) is 4.88. The molecule has 0 bridgehead atoms. The standard InChI is InChI=1S/C10H7/c1-8(10-6-7-10)9-4-2-3-5-9/h2-4,6-7H,1H2/q+1. The Morgan fingerprint density at radius 2 is 2.40 bits per heavy atom. The van der Waals surface area contributed by atoms with Gasteiger partial charge in [0.1, 0.15) is 17.7 Å². The Balaban J connectivity index is 2.30. The lowest BCUT2D eigenvalue weighted by molar-refractivity contribution is 1.79. The van der Waals surface area contributed by atoms with Crippen LogP contribution in [0.25, 0.3) is 5.57 Å². The first kappa shape index (κ1) is 5.40. The minimum atomic E-state index is 1.09. The molecule has 0 saturated heterocycles. The Labute approximate surface area is 60.2 Å². The summed E-state index contributed by atoms with van der Waals surface area (Å²) in [7, 11) is 0. The van der Waals surface area contributed by atoms with Crippen molar-refractivity contribution in [1.82, 2.24) is 0 Å². The summed E-state index contributed by atoms with van der Waals surface area (Å²) in [5.74, 6) is 0. The third-order valence-electron chi connectivity index (χ3n) is 1.60. The predicted molar refractivity (Wildman–Crippen MR) is 43.0 cm³/mol. The van der Waals surface area contributed by atoms with Gasteiger partial charge in [0.2, 0.25) is 0 Å². The van der Waals surface area contributed by atoms with Crippen molar-refractivity contribution in [2.45, 2.75) is 0 Å². The van der Waals surface area contributed by atoms with Crippen LogP contribution in [0.2, 0.25) is 0 Å². The van der Waals surface area contributed by atoms with Crippen molar-refractivity contribution in [2.75, 3.05) is 0 Å². The molecule has 46 valence electrons. The number of allylic oxidation sites excluding steroid dienone is 4. The molecule has 0 N–H and O–H groups in total. The van der Waals surface area contributed by atoms with E-state index in [0.29, 0.717) is 0 Å². The molecule has 1 aliphatic carbocycles. The molecule has 0 unspecified atom stereocenters. The molecule has 0 heterocycles. The summed E-state index contributed by atoms with van der Waals surface area (Å²) in [6, 6.07) is 4.12. The molecule has 0 radical (unpaired) electrons. The van der Waals surface area contributed by atoms with Gasteiger partial charge in [-0.25, -0.2) is 0 Å². The molecular formula is C10H7+. The minimum Gasteiger partial charge on any atom is -0.100 e. The van der Waals surface area contributed by atoms with E-state index in [1.165, 1.54) is 5.56 Å². The zero-order valence-corrected chi connectivity index (χ0v) is 5.59. The molecule has 0 saturated carbocycles. The van der Waals surface area contributed by atoms with Crippen molar-refractivity contribution in [3.63, 3.8) is 0 Å². The fourth-order valence-corrected chi connectivity index (χ4v) is 0.916. The van der Waals surface area contributed by atoms with Gasteiger partial charge in [-0.15, -0.1) is 5.73 Å². The average molecular weight is 127 g/mol. The highest BCUT2D eigenvalue weighted by Crippen LogP contribution is 2.26. The van der Waals surface area contributed by atoms with Gasteiger partial charge in [0.15, 0.2) is 5.56 Å². The highest BCUT2D eigenvalue weighted by Gasteiger charge is 2.19. The van der Waals surface area contributed by atoms with Crippen LogP contribution in [0.4, 0.5) is 0 Å². The van der Waals surface area contributed by atoms with Gasteiger partial charge in [0.05, 0.1) is 5.57 Å². The summed E-state index contributed by atoms with van der Waals surface area (Å²) in [6.45, 7) is 3.93. The van der Waals surface area contributed by atoms with Crippen molar-refractivity contribution >= 4 is 5.57 Å². The van der Waals surface area contributed by atoms with Crippen molar-refractivity contribution in [2.24, 2.45) is 0 Å². The minimum absolute atomic E-state index is 1.09. The molecular weight excluding hydrogens is 120 g/mol. The molecule has 0 fully saturated rings. The van der Waals surface area contributed by atoms with Crippen LogP contribution < -0.4 is 0 Å². The number of hydrogen-bond donors (Lipinski definition) is 0. The summed E-state index contributed by atoms with van der Waals surface area (Å²) in [5.41, 5.74) is 6.55. The first-order valence-corrected chi connectivity index (χ1v) is 3.26. The lowest BCUT2D eigenvalue weighted by Crippen LogP contribution is -1.73. The van der Waals surface area contributed by atoms with Gasteiger partial charge >= 0.3 is 0 Å². The van der Waals surface area contributed by atoms with Gasteiger partial charge in [0.25, 0.3) is 0 Å². The van der Waals surface area contributed by atoms with E-state index in [9.17, 15) is 0 Å². The third kappa shape index (κ3) is 0.754. The van der Waals surface area contributed by atoms with Crippen LogP contribution in [-0.4, -0.2) is 0 Å². The van der Waals surface area contributed by atoms with Crippen molar-refractivity contribution in [1.29, 1.82) is 0 Å². The monoisotopic (exact) mass is 127 g/mol. The SMILES string of the molecule is C=C(C1=C=CC=C1)c1c[cH+]1. The van der Waals surface area contributed by atoms with Gasteiger partial charge in [-0.05, 0) is 18.7 Å². The molecule has 0 amide bonds. The summed E-state index contributed by atoms with van der Waals surface area (Å²) in [4.78, 5) is 0. The quantitative estimate of drug-likeness (QED) is 0.423. The zero-order valence-electron chi connectivity index (χ0n) is 5.59. The molecule has 0 nitrogen and oxygen atoms in total. The molecule has 1 aromatic carbocycles. The van der Waals surface area contributed by atoms with E-state index >= 15 is 0 Å². The van der Waals surface area contributed by atoms with Crippen LogP contribution in [0.15, 0.2) is 48.2 Å². The predicted octanol–water partition coefficient (Wildman–Crippen LogP) is 2.51. The van der Waals surface area contributed by atoms with Gasteiger partial charge in [-0.1, -0.05) is 6.08 Å². The normalized spacial score (nSPS) is 14.6. The second kappa shape index (κ2) is 1.80. The fourth-order valence-electron chi connectivity index (χ4n) is 0.916. The Morgan fingerprint density at radius 1 is 1.60 bits per heavy atom. The third-order valence-corrected chi connectivity index (χ3v) is 1.60. The van der Waals surface area contributed by atoms with E-state index in [2.05, 4.69) is 24.4 Å². The fraction of sp³-hybridized carbons (Fsp3) is 0. The van der Waals surface area contributed by atoms with Gasteiger partial charge in [-0.2, -0.15) is 0 Å². The smallest absolute Gasteiger partial charge is 0.100 e. The van der Waals surface area contributed by atoms with Gasteiger partial charge < -0.3 is 0 Å². The Bertz CT molecular complexity index is 319. The molecule has 0 atom stereocenters. The van der Waals surface area contributed by atoms with E-state index in [0.717, 1.165) is 11.1 Å². The Hall–Kier alpha value is -1.39. The molecule has 0 heteroatoms. The zero-order chi connectivity index (χ0) is 6.97. The molecule has 1 aliphatic rings. The molecule has 2 rings (SSSR count). The summed E-state index contributed by atoms with van der Waals surface area (Å²) in [6.07, 6.45) is 5.90. The maximum absolute atomic E-state index is 3.93. The van der Waals surface area contributed by atoms with E-state index in [1.807, 2.05) is 18.2 Å². The van der Waals surface area contributed by atoms with Crippen molar-refractivity contribution in [3.8, 4) is 0 Å². The summed E-state index contributed by atoms with van der Waals surface area (Å²) < 4.78 is 0. The van der Waals surface area contributed by atoms with Gasteiger partial charge in [-0.3, -0.25) is 0 Å². The maximum Gasteiger partial charge on any atom is 0.181 e. The number of rotatable bonds is 2. The highest BCUT2D eigenvalue weighted by atomic mass is 14.1. The van der Waals surface area contributed by atoms with Crippen LogP contribution in [0.1, 0.15) is 5.56 Å². The molecule has 10 heavy (non-hydrogen) atoms. The van der Waals surface area contributed by atoms with Crippen LogP contribution in [-0.2, 0) is 0 Å². The average Bonchev–Trinajstić information content (AvgIpc) is 2.65. The van der Waals surface area contributed by atoms with Crippen molar-refractivity contribution < 1.29 is 0 Å².